The Morgan fingerprint density at radius 3 is 2.66 bits per heavy atom. The van der Waals surface area contributed by atoms with Gasteiger partial charge in [-0.3, -0.25) is 4.79 Å². The molecule has 0 unspecified atom stereocenters. The average molecular weight is 394 g/mol. The van der Waals surface area contributed by atoms with Gasteiger partial charge in [-0.1, -0.05) is 12.1 Å². The summed E-state index contributed by atoms with van der Waals surface area (Å²) in [4.78, 5) is 25.8. The zero-order valence-electron chi connectivity index (χ0n) is 17.1. The van der Waals surface area contributed by atoms with Crippen molar-refractivity contribution in [1.29, 1.82) is 0 Å². The highest BCUT2D eigenvalue weighted by Gasteiger charge is 2.24. The second kappa shape index (κ2) is 8.06. The Labute approximate surface area is 170 Å². The summed E-state index contributed by atoms with van der Waals surface area (Å²) in [5.74, 6) is 1.58. The molecule has 0 radical (unpaired) electrons. The highest BCUT2D eigenvalue weighted by molar-refractivity contribution is 5.79. The van der Waals surface area contributed by atoms with E-state index in [1.807, 2.05) is 43.9 Å². The molecular formula is C21H26N6O2. The normalized spacial score (nSPS) is 14.4. The van der Waals surface area contributed by atoms with Gasteiger partial charge in [0.25, 0.3) is 5.78 Å². The van der Waals surface area contributed by atoms with Crippen molar-refractivity contribution in [3.8, 4) is 5.75 Å². The lowest BCUT2D eigenvalue weighted by Crippen LogP contribution is -2.49. The topological polar surface area (TPSA) is 75.9 Å². The van der Waals surface area contributed by atoms with E-state index in [0.717, 1.165) is 41.5 Å². The molecule has 8 nitrogen and oxygen atoms in total. The summed E-state index contributed by atoms with van der Waals surface area (Å²) < 4.78 is 7.45. The van der Waals surface area contributed by atoms with Crippen LogP contribution in [0, 0.1) is 13.8 Å². The lowest BCUT2D eigenvalue weighted by atomic mass is 10.1. The standard InChI is InChI=1S/C21H26N6O2/c1-4-29-19-8-6-5-7-18(19)25-9-11-26(12-10-25)20(28)13-17-15(2)24-21-22-14-23-27(21)16(17)3/h5-8,14H,4,9-13H2,1-3H3. The summed E-state index contributed by atoms with van der Waals surface area (Å²) in [6, 6.07) is 8.08. The van der Waals surface area contributed by atoms with E-state index in [9.17, 15) is 4.79 Å². The van der Waals surface area contributed by atoms with E-state index in [2.05, 4.69) is 26.0 Å². The summed E-state index contributed by atoms with van der Waals surface area (Å²) >= 11 is 0. The third-order valence-corrected chi connectivity index (χ3v) is 5.45. The molecule has 8 heteroatoms. The van der Waals surface area contributed by atoms with Gasteiger partial charge in [0, 0.05) is 43.1 Å². The van der Waals surface area contributed by atoms with Crippen molar-refractivity contribution in [2.45, 2.75) is 27.2 Å². The number of carbonyl (C=O) groups excluding carboxylic acids is 1. The second-order valence-corrected chi connectivity index (χ2v) is 7.18. The van der Waals surface area contributed by atoms with Crippen molar-refractivity contribution in [3.05, 3.63) is 47.5 Å². The largest absolute Gasteiger partial charge is 0.492 e. The van der Waals surface area contributed by atoms with Gasteiger partial charge in [-0.15, -0.1) is 0 Å². The molecule has 0 saturated carbocycles. The van der Waals surface area contributed by atoms with E-state index in [0.29, 0.717) is 31.9 Å². The SMILES string of the molecule is CCOc1ccccc1N1CCN(C(=O)Cc2c(C)nc3ncnn3c2C)CC1. The maximum atomic E-state index is 13.0. The quantitative estimate of drug-likeness (QED) is 0.659. The molecule has 0 atom stereocenters. The number of anilines is 1. The number of amides is 1. The molecule has 2 aromatic heterocycles. The van der Waals surface area contributed by atoms with Crippen LogP contribution < -0.4 is 9.64 Å². The van der Waals surface area contributed by atoms with Gasteiger partial charge in [-0.2, -0.15) is 10.1 Å². The van der Waals surface area contributed by atoms with E-state index in [1.54, 1.807) is 4.52 Å². The molecule has 0 aliphatic carbocycles. The van der Waals surface area contributed by atoms with Crippen LogP contribution in [0.1, 0.15) is 23.9 Å². The zero-order chi connectivity index (χ0) is 20.4. The molecule has 4 rings (SSSR count). The van der Waals surface area contributed by atoms with Crippen LogP contribution >= 0.6 is 0 Å². The monoisotopic (exact) mass is 394 g/mol. The number of nitrogens with zero attached hydrogens (tertiary/aromatic N) is 6. The van der Waals surface area contributed by atoms with E-state index >= 15 is 0 Å². The van der Waals surface area contributed by atoms with Crippen molar-refractivity contribution in [2.24, 2.45) is 0 Å². The Balaban J connectivity index is 1.44. The molecule has 1 aliphatic rings. The summed E-state index contributed by atoms with van der Waals surface area (Å²) in [6.07, 6.45) is 1.82. The first-order valence-electron chi connectivity index (χ1n) is 9.99. The van der Waals surface area contributed by atoms with Crippen LogP contribution in [0.5, 0.6) is 5.75 Å². The lowest BCUT2D eigenvalue weighted by molar-refractivity contribution is -0.130. The highest BCUT2D eigenvalue weighted by atomic mass is 16.5. The van der Waals surface area contributed by atoms with Gasteiger partial charge in [0.15, 0.2) is 0 Å². The number of piperazine rings is 1. The first kappa shape index (κ1) is 19.2. The highest BCUT2D eigenvalue weighted by Crippen LogP contribution is 2.29. The Hall–Kier alpha value is -3.16. The molecular weight excluding hydrogens is 368 g/mol. The van der Waals surface area contributed by atoms with Crippen LogP contribution in [0.4, 0.5) is 5.69 Å². The number of aromatic nitrogens is 4. The van der Waals surface area contributed by atoms with Gasteiger partial charge in [0.2, 0.25) is 5.91 Å². The fourth-order valence-corrected chi connectivity index (χ4v) is 3.87. The minimum atomic E-state index is 0.121. The third kappa shape index (κ3) is 3.74. The van der Waals surface area contributed by atoms with Crippen LogP contribution in [0.3, 0.4) is 0 Å². The first-order valence-corrected chi connectivity index (χ1v) is 9.99. The van der Waals surface area contributed by atoms with Gasteiger partial charge in [-0.25, -0.2) is 9.50 Å². The van der Waals surface area contributed by atoms with Gasteiger partial charge < -0.3 is 14.5 Å². The summed E-state index contributed by atoms with van der Waals surface area (Å²) in [5.41, 5.74) is 3.77. The predicted octanol–water partition coefficient (Wildman–Crippen LogP) is 2.03. The van der Waals surface area contributed by atoms with Crippen LogP contribution in [0.2, 0.25) is 0 Å². The van der Waals surface area contributed by atoms with Gasteiger partial charge in [0.1, 0.15) is 12.1 Å². The average Bonchev–Trinajstić information content (AvgIpc) is 3.20. The number of carbonyl (C=O) groups is 1. The van der Waals surface area contributed by atoms with Crippen molar-refractivity contribution in [2.75, 3.05) is 37.7 Å². The third-order valence-electron chi connectivity index (χ3n) is 5.45. The molecule has 1 aromatic carbocycles. The Kier molecular flexibility index (Phi) is 5.33. The maximum absolute atomic E-state index is 13.0. The molecule has 1 aliphatic heterocycles. The molecule has 3 heterocycles. The maximum Gasteiger partial charge on any atom is 0.252 e. The Bertz CT molecular complexity index is 1020. The van der Waals surface area contributed by atoms with Gasteiger partial charge in [0.05, 0.1) is 18.7 Å². The number of aryl methyl sites for hydroxylation is 2. The van der Waals surface area contributed by atoms with E-state index < -0.39 is 0 Å². The van der Waals surface area contributed by atoms with Crippen LogP contribution in [-0.4, -0.2) is 63.2 Å². The summed E-state index contributed by atoms with van der Waals surface area (Å²) in [7, 11) is 0. The van der Waals surface area contributed by atoms with Crippen molar-refractivity contribution in [3.63, 3.8) is 0 Å². The fourth-order valence-electron chi connectivity index (χ4n) is 3.87. The van der Waals surface area contributed by atoms with Gasteiger partial charge in [-0.05, 0) is 32.9 Å². The molecule has 0 bridgehead atoms. The van der Waals surface area contributed by atoms with Crippen LogP contribution in [-0.2, 0) is 11.2 Å². The van der Waals surface area contributed by atoms with E-state index in [1.165, 1.54) is 6.33 Å². The smallest absolute Gasteiger partial charge is 0.252 e. The number of hydrogen-bond donors (Lipinski definition) is 0. The summed E-state index contributed by atoms with van der Waals surface area (Å²) in [6.45, 7) is 9.46. The number of ether oxygens (including phenoxy) is 1. The van der Waals surface area contributed by atoms with Crippen molar-refractivity contribution >= 4 is 17.4 Å². The molecule has 0 spiro atoms. The second-order valence-electron chi connectivity index (χ2n) is 7.18. The predicted molar refractivity (Wildman–Crippen MR) is 110 cm³/mol. The fraction of sp³-hybridized carbons (Fsp3) is 0.429. The van der Waals surface area contributed by atoms with Crippen LogP contribution in [0.25, 0.3) is 5.78 Å². The minimum absolute atomic E-state index is 0.121. The first-order chi connectivity index (χ1) is 14.1. The minimum Gasteiger partial charge on any atom is -0.492 e. The van der Waals surface area contributed by atoms with Crippen LogP contribution in [0.15, 0.2) is 30.6 Å². The van der Waals surface area contributed by atoms with Crippen molar-refractivity contribution in [1.82, 2.24) is 24.5 Å². The molecule has 1 saturated heterocycles. The number of fused-ring (bicyclic) bond motifs is 1. The number of benzene rings is 1. The molecule has 29 heavy (non-hydrogen) atoms. The molecule has 152 valence electrons. The molecule has 1 amide bonds. The Morgan fingerprint density at radius 2 is 1.90 bits per heavy atom. The lowest BCUT2D eigenvalue weighted by Gasteiger charge is -2.36. The number of rotatable bonds is 5. The number of para-hydroxylation sites is 2. The van der Waals surface area contributed by atoms with E-state index in [-0.39, 0.29) is 5.91 Å². The zero-order valence-corrected chi connectivity index (χ0v) is 17.1. The Morgan fingerprint density at radius 1 is 1.14 bits per heavy atom. The van der Waals surface area contributed by atoms with Crippen molar-refractivity contribution < 1.29 is 9.53 Å². The van der Waals surface area contributed by atoms with Gasteiger partial charge >= 0.3 is 0 Å². The number of hydrogen-bond acceptors (Lipinski definition) is 6. The summed E-state index contributed by atoms with van der Waals surface area (Å²) in [5, 5.41) is 4.21. The molecule has 1 fully saturated rings. The molecule has 3 aromatic rings. The van der Waals surface area contributed by atoms with E-state index in [4.69, 9.17) is 4.74 Å². The molecule has 0 N–H and O–H groups in total.